The van der Waals surface area contributed by atoms with Crippen LogP contribution in [0.4, 0.5) is 0 Å². The van der Waals surface area contributed by atoms with Crippen molar-refractivity contribution in [3.63, 3.8) is 0 Å². The molecule has 0 fully saturated rings. The fourth-order valence-electron chi connectivity index (χ4n) is 3.36. The predicted octanol–water partition coefficient (Wildman–Crippen LogP) is 3.00. The van der Waals surface area contributed by atoms with Crippen LogP contribution >= 0.6 is 0 Å². The first kappa shape index (κ1) is 20.4. The van der Waals surface area contributed by atoms with Crippen molar-refractivity contribution in [1.29, 1.82) is 0 Å². The zero-order chi connectivity index (χ0) is 20.8. The second-order valence-corrected chi connectivity index (χ2v) is 6.63. The van der Waals surface area contributed by atoms with Crippen molar-refractivity contribution in [1.82, 2.24) is 9.99 Å². The number of rotatable bonds is 8. The first-order valence-corrected chi connectivity index (χ1v) is 9.29. The molecule has 0 unspecified atom stereocenters. The van der Waals surface area contributed by atoms with Crippen LogP contribution in [0.15, 0.2) is 47.7 Å². The largest absolute Gasteiger partial charge is 0.493 e. The van der Waals surface area contributed by atoms with Gasteiger partial charge in [-0.25, -0.2) is 5.43 Å². The van der Waals surface area contributed by atoms with Crippen molar-refractivity contribution in [3.05, 3.63) is 59.3 Å². The molecular formula is C22H25N3O4. The van der Waals surface area contributed by atoms with E-state index < -0.39 is 0 Å². The number of aliphatic hydroxyl groups excluding tert-OH is 1. The maximum absolute atomic E-state index is 12.2. The Bertz CT molecular complexity index is 1040. The van der Waals surface area contributed by atoms with Crippen molar-refractivity contribution in [2.75, 3.05) is 14.2 Å². The van der Waals surface area contributed by atoms with Gasteiger partial charge < -0.3 is 19.1 Å². The molecule has 3 rings (SSSR count). The highest BCUT2D eigenvalue weighted by Crippen LogP contribution is 2.27. The van der Waals surface area contributed by atoms with Gasteiger partial charge in [0.15, 0.2) is 11.5 Å². The van der Waals surface area contributed by atoms with Gasteiger partial charge in [-0.1, -0.05) is 12.1 Å². The number of nitrogens with one attached hydrogen (secondary N) is 1. The molecular weight excluding hydrogens is 370 g/mol. The lowest BCUT2D eigenvalue weighted by molar-refractivity contribution is -0.121. The van der Waals surface area contributed by atoms with E-state index in [2.05, 4.69) is 10.5 Å². The molecule has 3 aromatic rings. The van der Waals surface area contributed by atoms with Crippen LogP contribution in [0.1, 0.15) is 23.1 Å². The van der Waals surface area contributed by atoms with Crippen molar-refractivity contribution in [3.8, 4) is 11.5 Å². The molecule has 152 valence electrons. The lowest BCUT2D eigenvalue weighted by Gasteiger charge is -2.07. The number of hydrazone groups is 1. The van der Waals surface area contributed by atoms with Gasteiger partial charge >= 0.3 is 0 Å². The van der Waals surface area contributed by atoms with Gasteiger partial charge in [0.25, 0.3) is 0 Å². The molecule has 0 aliphatic rings. The molecule has 7 nitrogen and oxygen atoms in total. The fraction of sp³-hybridized carbons (Fsp3) is 0.273. The van der Waals surface area contributed by atoms with Crippen molar-refractivity contribution in [2.45, 2.75) is 26.5 Å². The third kappa shape index (κ3) is 4.57. The van der Waals surface area contributed by atoms with Crippen molar-refractivity contribution in [2.24, 2.45) is 5.10 Å². The minimum atomic E-state index is -0.181. The van der Waals surface area contributed by atoms with Gasteiger partial charge in [-0.15, -0.1) is 0 Å². The number of carbonyl (C=O) groups is 1. The molecule has 7 heteroatoms. The number of nitrogens with zero attached hydrogens (tertiary/aromatic N) is 2. The number of aliphatic hydroxyl groups is 1. The highest BCUT2D eigenvalue weighted by atomic mass is 16.5. The number of fused-ring (bicyclic) bond motifs is 1. The first-order valence-electron chi connectivity index (χ1n) is 9.29. The molecule has 0 atom stereocenters. The van der Waals surface area contributed by atoms with Gasteiger partial charge in [-0.3, -0.25) is 4.79 Å². The number of carbonyl (C=O) groups excluding carboxylic acids is 1. The molecule has 1 aromatic heterocycles. The van der Waals surface area contributed by atoms with E-state index in [-0.39, 0.29) is 18.9 Å². The molecule has 1 heterocycles. The lowest BCUT2D eigenvalue weighted by atomic mass is 10.1. The molecule has 29 heavy (non-hydrogen) atoms. The number of ether oxygens (including phenoxy) is 2. The monoisotopic (exact) mass is 395 g/mol. The molecule has 0 radical (unpaired) electrons. The molecule has 0 saturated carbocycles. The normalized spacial score (nSPS) is 11.2. The number of hydrogen-bond donors (Lipinski definition) is 2. The van der Waals surface area contributed by atoms with Gasteiger partial charge in [0, 0.05) is 30.1 Å². The number of amides is 1. The Morgan fingerprint density at radius 3 is 2.72 bits per heavy atom. The summed E-state index contributed by atoms with van der Waals surface area (Å²) in [4.78, 5) is 12.2. The first-order chi connectivity index (χ1) is 14.1. The van der Waals surface area contributed by atoms with E-state index in [0.29, 0.717) is 18.0 Å². The SMILES string of the molecule is COc1ccc(C=NNC(=O)CCn2cc(C)c3c(CO)cccc32)cc1OC. The second kappa shape index (κ2) is 9.25. The molecule has 2 N–H and O–H groups in total. The zero-order valence-electron chi connectivity index (χ0n) is 16.8. The number of aryl methyl sites for hydroxylation is 2. The molecule has 1 amide bonds. The summed E-state index contributed by atoms with van der Waals surface area (Å²) in [5.74, 6) is 1.05. The summed E-state index contributed by atoms with van der Waals surface area (Å²) in [6, 6.07) is 11.2. The smallest absolute Gasteiger partial charge is 0.241 e. The van der Waals surface area contributed by atoms with Crippen LogP contribution in [0, 0.1) is 6.92 Å². The van der Waals surface area contributed by atoms with E-state index in [4.69, 9.17) is 9.47 Å². The molecule has 2 aromatic carbocycles. The quantitative estimate of drug-likeness (QED) is 0.454. The second-order valence-electron chi connectivity index (χ2n) is 6.63. The molecule has 0 aliphatic heterocycles. The third-order valence-corrected chi connectivity index (χ3v) is 4.74. The van der Waals surface area contributed by atoms with Crippen molar-refractivity contribution >= 4 is 23.0 Å². The van der Waals surface area contributed by atoms with E-state index >= 15 is 0 Å². The summed E-state index contributed by atoms with van der Waals surface area (Å²) in [7, 11) is 3.14. The highest BCUT2D eigenvalue weighted by molar-refractivity contribution is 5.87. The average molecular weight is 395 g/mol. The van der Waals surface area contributed by atoms with Crippen molar-refractivity contribution < 1.29 is 19.4 Å². The van der Waals surface area contributed by atoms with E-state index in [0.717, 1.165) is 27.6 Å². The Balaban J connectivity index is 1.61. The van der Waals surface area contributed by atoms with Crippen LogP contribution in [0.25, 0.3) is 10.9 Å². The Hall–Kier alpha value is -3.32. The minimum absolute atomic E-state index is 0.00641. The van der Waals surface area contributed by atoms with E-state index in [1.54, 1.807) is 32.6 Å². The Kier molecular flexibility index (Phi) is 6.51. The number of methoxy groups -OCH3 is 2. The molecule has 0 bridgehead atoms. The van der Waals surface area contributed by atoms with Crippen LogP contribution in [0.5, 0.6) is 11.5 Å². The van der Waals surface area contributed by atoms with Gasteiger partial charge in [0.05, 0.1) is 27.0 Å². The summed E-state index contributed by atoms with van der Waals surface area (Å²) in [5, 5.41) is 14.6. The molecule has 0 saturated heterocycles. The Labute approximate surface area is 169 Å². The summed E-state index contributed by atoms with van der Waals surface area (Å²) < 4.78 is 12.5. The van der Waals surface area contributed by atoms with Crippen LogP contribution in [0.2, 0.25) is 0 Å². The fourth-order valence-corrected chi connectivity index (χ4v) is 3.36. The van der Waals surface area contributed by atoms with Gasteiger partial charge in [-0.05, 0) is 47.9 Å². The number of hydrogen-bond acceptors (Lipinski definition) is 5. The maximum atomic E-state index is 12.2. The van der Waals surface area contributed by atoms with Gasteiger partial charge in [0.1, 0.15) is 0 Å². The molecule has 0 aliphatic carbocycles. The summed E-state index contributed by atoms with van der Waals surface area (Å²) in [6.07, 6.45) is 3.85. The number of benzene rings is 2. The Morgan fingerprint density at radius 2 is 2.00 bits per heavy atom. The van der Waals surface area contributed by atoms with E-state index in [9.17, 15) is 9.90 Å². The topological polar surface area (TPSA) is 85.1 Å². The third-order valence-electron chi connectivity index (χ3n) is 4.74. The standard InChI is InChI=1S/C22H25N3O4/c1-15-13-25(18-6-4-5-17(14-26)22(15)18)10-9-21(27)24-23-12-16-7-8-19(28-2)20(11-16)29-3/h4-8,11-13,26H,9-10,14H2,1-3H3,(H,24,27). The van der Waals surface area contributed by atoms with Crippen LogP contribution < -0.4 is 14.9 Å². The predicted molar refractivity (Wildman–Crippen MR) is 112 cm³/mol. The van der Waals surface area contributed by atoms with Gasteiger partial charge in [-0.2, -0.15) is 5.10 Å². The Morgan fingerprint density at radius 1 is 1.21 bits per heavy atom. The van der Waals surface area contributed by atoms with Crippen LogP contribution in [-0.2, 0) is 17.9 Å². The lowest BCUT2D eigenvalue weighted by Crippen LogP contribution is -2.19. The maximum Gasteiger partial charge on any atom is 0.241 e. The van der Waals surface area contributed by atoms with E-state index in [1.165, 1.54) is 0 Å². The summed E-state index contributed by atoms with van der Waals surface area (Å²) in [6.45, 7) is 2.52. The highest BCUT2D eigenvalue weighted by Gasteiger charge is 2.10. The van der Waals surface area contributed by atoms with Crippen LogP contribution in [-0.4, -0.2) is 36.0 Å². The minimum Gasteiger partial charge on any atom is -0.493 e. The average Bonchev–Trinajstić information content (AvgIpc) is 3.08. The summed E-state index contributed by atoms with van der Waals surface area (Å²) in [5.41, 5.74) is 6.32. The molecule has 0 spiro atoms. The van der Waals surface area contributed by atoms with Gasteiger partial charge in [0.2, 0.25) is 5.91 Å². The number of aromatic nitrogens is 1. The zero-order valence-corrected chi connectivity index (χ0v) is 16.8. The van der Waals surface area contributed by atoms with Crippen LogP contribution in [0.3, 0.4) is 0 Å². The summed E-state index contributed by atoms with van der Waals surface area (Å²) >= 11 is 0. The van der Waals surface area contributed by atoms with E-state index in [1.807, 2.05) is 42.0 Å².